The van der Waals surface area contributed by atoms with Gasteiger partial charge in [0, 0.05) is 31.7 Å². The Morgan fingerprint density at radius 1 is 1.28 bits per heavy atom. The molecule has 0 radical (unpaired) electrons. The molecule has 25 heavy (non-hydrogen) atoms. The van der Waals surface area contributed by atoms with Crippen molar-refractivity contribution >= 4 is 17.6 Å². The molecule has 3 rings (SSSR count). The molecular formula is C19H27N3O3. The van der Waals surface area contributed by atoms with E-state index >= 15 is 0 Å². The van der Waals surface area contributed by atoms with Crippen molar-refractivity contribution in [2.45, 2.75) is 45.1 Å². The molecule has 3 amide bonds. The molecule has 1 N–H and O–H groups in total. The van der Waals surface area contributed by atoms with E-state index in [0.717, 1.165) is 55.8 Å². The third kappa shape index (κ3) is 4.06. The van der Waals surface area contributed by atoms with Crippen LogP contribution in [-0.4, -0.2) is 54.5 Å². The molecule has 2 saturated heterocycles. The first-order valence-electron chi connectivity index (χ1n) is 9.08. The molecule has 2 aliphatic heterocycles. The molecule has 136 valence electrons. The van der Waals surface area contributed by atoms with Gasteiger partial charge >= 0.3 is 6.03 Å². The van der Waals surface area contributed by atoms with Crippen molar-refractivity contribution in [2.75, 3.05) is 32.1 Å². The van der Waals surface area contributed by atoms with E-state index in [9.17, 15) is 9.59 Å². The number of hydrogen-bond donors (Lipinski definition) is 1. The van der Waals surface area contributed by atoms with Gasteiger partial charge in [-0.2, -0.15) is 0 Å². The lowest BCUT2D eigenvalue weighted by molar-refractivity contribution is -0.128. The fraction of sp³-hybridized carbons (Fsp3) is 0.579. The minimum atomic E-state index is -0.0825. The standard InChI is InChI=1S/C19H27N3O3/c1-14-12-15(8-9-17(14)25-2)20-19(24)22-11-4-3-6-16(22)13-21-10-5-7-18(21)23/h8-9,12,16H,3-7,10-11,13H2,1-2H3,(H,20,24)/t16-/m1/s1. The van der Waals surface area contributed by atoms with Gasteiger partial charge in [0.05, 0.1) is 13.2 Å². The van der Waals surface area contributed by atoms with Gasteiger partial charge in [0.2, 0.25) is 5.91 Å². The Kier molecular flexibility index (Phi) is 5.46. The number of aryl methyl sites for hydroxylation is 1. The first-order valence-corrected chi connectivity index (χ1v) is 9.08. The number of rotatable bonds is 4. The Hall–Kier alpha value is -2.24. The zero-order valence-corrected chi connectivity index (χ0v) is 15.1. The topological polar surface area (TPSA) is 61.9 Å². The summed E-state index contributed by atoms with van der Waals surface area (Å²) in [5.74, 6) is 1.03. The average molecular weight is 345 g/mol. The third-order valence-corrected chi connectivity index (χ3v) is 5.14. The highest BCUT2D eigenvalue weighted by atomic mass is 16.5. The summed E-state index contributed by atoms with van der Waals surface area (Å²) < 4.78 is 5.26. The lowest BCUT2D eigenvalue weighted by Crippen LogP contribution is -2.51. The molecule has 0 bridgehead atoms. The monoisotopic (exact) mass is 345 g/mol. The van der Waals surface area contributed by atoms with Crippen LogP contribution in [0.1, 0.15) is 37.7 Å². The van der Waals surface area contributed by atoms with Gasteiger partial charge in [-0.15, -0.1) is 0 Å². The molecule has 2 aliphatic rings. The minimum Gasteiger partial charge on any atom is -0.496 e. The molecule has 0 unspecified atom stereocenters. The van der Waals surface area contributed by atoms with E-state index in [-0.39, 0.29) is 18.0 Å². The maximum atomic E-state index is 12.8. The summed E-state index contributed by atoms with van der Waals surface area (Å²) in [6, 6.07) is 5.66. The number of urea groups is 1. The van der Waals surface area contributed by atoms with Crippen LogP contribution in [0.5, 0.6) is 5.75 Å². The average Bonchev–Trinajstić information content (AvgIpc) is 3.00. The summed E-state index contributed by atoms with van der Waals surface area (Å²) in [4.78, 5) is 28.5. The van der Waals surface area contributed by atoms with Gasteiger partial charge < -0.3 is 19.9 Å². The van der Waals surface area contributed by atoms with Gasteiger partial charge in [-0.1, -0.05) is 0 Å². The molecule has 0 aliphatic carbocycles. The summed E-state index contributed by atoms with van der Waals surface area (Å²) in [5, 5.41) is 3.00. The number of amides is 3. The number of methoxy groups -OCH3 is 1. The van der Waals surface area contributed by atoms with Gasteiger partial charge in [-0.3, -0.25) is 4.79 Å². The van der Waals surface area contributed by atoms with Crippen LogP contribution in [0, 0.1) is 6.92 Å². The Bertz CT molecular complexity index is 647. The van der Waals surface area contributed by atoms with Gasteiger partial charge in [0.15, 0.2) is 0 Å². The largest absolute Gasteiger partial charge is 0.496 e. The number of carbonyl (C=O) groups excluding carboxylic acids is 2. The summed E-state index contributed by atoms with van der Waals surface area (Å²) in [7, 11) is 1.64. The molecule has 0 aromatic heterocycles. The fourth-order valence-corrected chi connectivity index (χ4v) is 3.76. The highest BCUT2D eigenvalue weighted by Crippen LogP contribution is 2.24. The van der Waals surface area contributed by atoms with E-state index in [1.165, 1.54) is 0 Å². The van der Waals surface area contributed by atoms with Crippen molar-refractivity contribution in [3.05, 3.63) is 23.8 Å². The summed E-state index contributed by atoms with van der Waals surface area (Å²) >= 11 is 0. The van der Waals surface area contributed by atoms with Crippen LogP contribution in [-0.2, 0) is 4.79 Å². The summed E-state index contributed by atoms with van der Waals surface area (Å²) in [5.41, 5.74) is 1.75. The normalized spacial score (nSPS) is 20.7. The van der Waals surface area contributed by atoms with E-state index in [1.54, 1.807) is 7.11 Å². The van der Waals surface area contributed by atoms with Gasteiger partial charge in [0.1, 0.15) is 5.75 Å². The second kappa shape index (κ2) is 7.76. The maximum Gasteiger partial charge on any atom is 0.322 e. The van der Waals surface area contributed by atoms with E-state index in [1.807, 2.05) is 34.9 Å². The van der Waals surface area contributed by atoms with Crippen molar-refractivity contribution in [1.29, 1.82) is 0 Å². The number of nitrogens with one attached hydrogen (secondary N) is 1. The summed E-state index contributed by atoms with van der Waals surface area (Å²) in [6.45, 7) is 4.18. The fourth-order valence-electron chi connectivity index (χ4n) is 3.76. The number of piperidine rings is 1. The molecule has 2 heterocycles. The highest BCUT2D eigenvalue weighted by molar-refractivity contribution is 5.90. The number of benzene rings is 1. The molecule has 1 aromatic carbocycles. The molecule has 1 atom stereocenters. The number of carbonyl (C=O) groups is 2. The quantitative estimate of drug-likeness (QED) is 0.912. The molecule has 0 spiro atoms. The second-order valence-corrected chi connectivity index (χ2v) is 6.90. The van der Waals surface area contributed by atoms with Crippen LogP contribution in [0.4, 0.5) is 10.5 Å². The van der Waals surface area contributed by atoms with Crippen LogP contribution in [0.2, 0.25) is 0 Å². The number of hydrogen-bond acceptors (Lipinski definition) is 3. The smallest absolute Gasteiger partial charge is 0.322 e. The molecule has 1 aromatic rings. The zero-order valence-electron chi connectivity index (χ0n) is 15.1. The van der Waals surface area contributed by atoms with Gasteiger partial charge in [0.25, 0.3) is 0 Å². The second-order valence-electron chi connectivity index (χ2n) is 6.90. The Morgan fingerprint density at radius 3 is 2.80 bits per heavy atom. The van der Waals surface area contributed by atoms with Crippen LogP contribution in [0.3, 0.4) is 0 Å². The number of likely N-dealkylation sites (tertiary alicyclic amines) is 2. The van der Waals surface area contributed by atoms with E-state index in [4.69, 9.17) is 4.74 Å². The van der Waals surface area contributed by atoms with Crippen LogP contribution in [0.25, 0.3) is 0 Å². The zero-order chi connectivity index (χ0) is 17.8. The SMILES string of the molecule is COc1ccc(NC(=O)N2CCCC[C@@H]2CN2CCCC2=O)cc1C. The van der Waals surface area contributed by atoms with Crippen molar-refractivity contribution in [1.82, 2.24) is 9.80 Å². The van der Waals surface area contributed by atoms with E-state index in [2.05, 4.69) is 5.32 Å². The Morgan fingerprint density at radius 2 is 2.12 bits per heavy atom. The van der Waals surface area contributed by atoms with Crippen molar-refractivity contribution in [2.24, 2.45) is 0 Å². The van der Waals surface area contributed by atoms with Crippen LogP contribution in [0.15, 0.2) is 18.2 Å². The number of ether oxygens (including phenoxy) is 1. The Balaban J connectivity index is 1.66. The highest BCUT2D eigenvalue weighted by Gasteiger charge is 2.31. The summed E-state index contributed by atoms with van der Waals surface area (Å²) in [6.07, 6.45) is 4.66. The number of anilines is 1. The predicted molar refractivity (Wildman–Crippen MR) is 96.9 cm³/mol. The van der Waals surface area contributed by atoms with Crippen molar-refractivity contribution in [3.63, 3.8) is 0 Å². The van der Waals surface area contributed by atoms with Crippen LogP contribution < -0.4 is 10.1 Å². The molecule has 0 saturated carbocycles. The van der Waals surface area contributed by atoms with E-state index < -0.39 is 0 Å². The number of nitrogens with zero attached hydrogens (tertiary/aromatic N) is 2. The van der Waals surface area contributed by atoms with Gasteiger partial charge in [-0.05, 0) is 56.4 Å². The third-order valence-electron chi connectivity index (χ3n) is 5.14. The first-order chi connectivity index (χ1) is 12.1. The predicted octanol–water partition coefficient (Wildman–Crippen LogP) is 3.01. The van der Waals surface area contributed by atoms with Crippen molar-refractivity contribution in [3.8, 4) is 5.75 Å². The van der Waals surface area contributed by atoms with Crippen LogP contribution >= 0.6 is 0 Å². The van der Waals surface area contributed by atoms with E-state index in [0.29, 0.717) is 13.0 Å². The lowest BCUT2D eigenvalue weighted by atomic mass is 10.0. The molecule has 6 nitrogen and oxygen atoms in total. The first kappa shape index (κ1) is 17.6. The minimum absolute atomic E-state index is 0.0825. The molecule has 6 heteroatoms. The maximum absolute atomic E-state index is 12.8. The molecular weight excluding hydrogens is 318 g/mol. The molecule has 2 fully saturated rings. The van der Waals surface area contributed by atoms with Crippen molar-refractivity contribution < 1.29 is 14.3 Å². The lowest BCUT2D eigenvalue weighted by Gasteiger charge is -2.37. The Labute approximate surface area is 149 Å². The van der Waals surface area contributed by atoms with Gasteiger partial charge in [-0.25, -0.2) is 4.79 Å².